The maximum absolute atomic E-state index is 16.1. The van der Waals surface area contributed by atoms with Gasteiger partial charge in [-0.3, -0.25) is 4.79 Å². The molecule has 5 atom stereocenters. The van der Waals surface area contributed by atoms with E-state index in [4.69, 9.17) is 0 Å². The Bertz CT molecular complexity index is 981. The predicted molar refractivity (Wildman–Crippen MR) is 117 cm³/mol. The number of hydrogen-bond acceptors (Lipinski definition) is 4. The number of nitroso groups, excluding NO2 is 1. The molecule has 5 unspecified atom stereocenters. The third-order valence-corrected chi connectivity index (χ3v) is 6.49. The Morgan fingerprint density at radius 1 is 1.30 bits per heavy atom. The summed E-state index contributed by atoms with van der Waals surface area (Å²) in [6, 6.07) is -1.62. The number of ketones is 1. The van der Waals surface area contributed by atoms with Gasteiger partial charge in [0.15, 0.2) is 12.1 Å². The maximum atomic E-state index is 16.1. The lowest BCUT2D eigenvalue weighted by atomic mass is 9.76. The summed E-state index contributed by atoms with van der Waals surface area (Å²) in [4.78, 5) is 32.0. The molecule has 0 aromatic carbocycles. The van der Waals surface area contributed by atoms with Gasteiger partial charge >= 0.3 is 0 Å². The van der Waals surface area contributed by atoms with Crippen LogP contribution in [0.25, 0.3) is 0 Å². The van der Waals surface area contributed by atoms with Gasteiger partial charge in [0.25, 0.3) is 11.7 Å². The van der Waals surface area contributed by atoms with Gasteiger partial charge in [-0.25, -0.2) is 4.99 Å². The van der Waals surface area contributed by atoms with E-state index in [-0.39, 0.29) is 42.9 Å². The van der Waals surface area contributed by atoms with Crippen molar-refractivity contribution >= 4 is 36.9 Å². The Balaban J connectivity index is 0.00000128. The highest BCUT2D eigenvalue weighted by molar-refractivity contribution is 5.87. The Morgan fingerprint density at radius 3 is 2.80 bits per heavy atom. The molecular weight excluding hydrogens is 430 g/mol. The number of allylic oxidation sites excluding steroid dienone is 3. The molecule has 9 heteroatoms. The second kappa shape index (κ2) is 7.96. The highest BCUT2D eigenvalue weighted by Crippen LogP contribution is 2.53. The summed E-state index contributed by atoms with van der Waals surface area (Å²) in [6.45, 7) is 0.667. The van der Waals surface area contributed by atoms with Gasteiger partial charge in [0.1, 0.15) is 0 Å². The number of quaternary nitrogens is 1. The zero-order chi connectivity index (χ0) is 19.6. The van der Waals surface area contributed by atoms with Crippen molar-refractivity contribution < 1.29 is 18.7 Å². The van der Waals surface area contributed by atoms with Crippen molar-refractivity contribution in [3.8, 4) is 0 Å². The van der Waals surface area contributed by atoms with Crippen LogP contribution in [-0.4, -0.2) is 65.3 Å². The van der Waals surface area contributed by atoms with Crippen molar-refractivity contribution in [2.75, 3.05) is 20.6 Å². The molecule has 0 saturated carbocycles. The molecule has 1 fully saturated rings. The number of nitrogens with zero attached hydrogens (tertiary/aromatic N) is 4. The van der Waals surface area contributed by atoms with Crippen LogP contribution in [0.3, 0.4) is 0 Å². The zero-order valence-corrected chi connectivity index (χ0v) is 18.4. The summed E-state index contributed by atoms with van der Waals surface area (Å²) < 4.78 is 16.1. The fourth-order valence-electron chi connectivity index (χ4n) is 5.24. The molecule has 3 aliphatic heterocycles. The third kappa shape index (κ3) is 3.07. The highest BCUT2D eigenvalue weighted by atomic mass is 35.5. The van der Waals surface area contributed by atoms with Crippen LogP contribution in [0.5, 0.6) is 0 Å². The molecule has 0 bridgehead atoms. The van der Waals surface area contributed by atoms with E-state index in [9.17, 15) is 9.70 Å². The molecule has 5 aliphatic rings. The van der Waals surface area contributed by atoms with Gasteiger partial charge in [-0.15, -0.1) is 24.8 Å². The van der Waals surface area contributed by atoms with Gasteiger partial charge in [-0.05, 0) is 20.2 Å². The molecule has 30 heavy (non-hydrogen) atoms. The van der Waals surface area contributed by atoms with E-state index in [0.29, 0.717) is 18.7 Å². The normalized spacial score (nSPS) is 35.2. The molecule has 0 spiro atoms. The van der Waals surface area contributed by atoms with Crippen molar-refractivity contribution in [2.45, 2.75) is 31.0 Å². The van der Waals surface area contributed by atoms with Crippen molar-refractivity contribution in [3.05, 3.63) is 63.9 Å². The number of fused-ring (bicyclic) bond motifs is 4. The molecule has 0 aromatic rings. The SMILES string of the molecule is CN(C)CCC1C(=O)CC2=C(C=CC3C2C2=CC=CC4=CN=C[N+]3(F)C42)[N+]1=O.Cl.Cl. The number of rotatable bonds is 3. The summed E-state index contributed by atoms with van der Waals surface area (Å²) in [5, 5.41) is 0. The lowest BCUT2D eigenvalue weighted by molar-refractivity contribution is -0.996. The van der Waals surface area contributed by atoms with Crippen LogP contribution in [0.2, 0.25) is 0 Å². The summed E-state index contributed by atoms with van der Waals surface area (Å²) in [6.07, 6.45) is 13.0. The quantitative estimate of drug-likeness (QED) is 0.485. The van der Waals surface area contributed by atoms with Gasteiger partial charge in [0.2, 0.25) is 12.1 Å². The van der Waals surface area contributed by atoms with Gasteiger partial charge in [0.05, 0.1) is 5.92 Å². The van der Waals surface area contributed by atoms with Crippen LogP contribution in [0.1, 0.15) is 12.8 Å². The first kappa shape index (κ1) is 22.7. The highest BCUT2D eigenvalue weighted by Gasteiger charge is 2.65. The number of hydrogen-bond donors (Lipinski definition) is 0. The molecule has 5 rings (SSSR count). The van der Waals surface area contributed by atoms with Gasteiger partial charge in [-0.1, -0.05) is 22.9 Å². The molecule has 160 valence electrons. The summed E-state index contributed by atoms with van der Waals surface area (Å²) >= 11 is 0. The third-order valence-electron chi connectivity index (χ3n) is 6.49. The monoisotopic (exact) mass is 454 g/mol. The van der Waals surface area contributed by atoms with Crippen LogP contribution in [0.4, 0.5) is 4.48 Å². The molecule has 6 nitrogen and oxygen atoms in total. The first-order valence-electron chi connectivity index (χ1n) is 9.67. The Labute approximate surface area is 187 Å². The van der Waals surface area contributed by atoms with Crippen LogP contribution in [0.15, 0.2) is 64.0 Å². The first-order valence-corrected chi connectivity index (χ1v) is 9.67. The molecule has 0 aromatic heterocycles. The van der Waals surface area contributed by atoms with E-state index >= 15 is 4.48 Å². The van der Waals surface area contributed by atoms with Crippen molar-refractivity contribution in [1.82, 2.24) is 4.90 Å². The largest absolute Gasteiger partial charge is 0.309 e. The molecule has 0 N–H and O–H groups in total. The van der Waals surface area contributed by atoms with Crippen molar-refractivity contribution in [2.24, 2.45) is 10.9 Å². The fraction of sp³-hybridized carbons (Fsp3) is 0.429. The average molecular weight is 455 g/mol. The summed E-state index contributed by atoms with van der Waals surface area (Å²) in [7, 11) is 3.85. The minimum atomic E-state index is -0.822. The fourth-order valence-corrected chi connectivity index (χ4v) is 5.24. The summed E-state index contributed by atoms with van der Waals surface area (Å²) in [5.41, 5.74) is 3.05. The van der Waals surface area contributed by atoms with Gasteiger partial charge in [0, 0.05) is 62.5 Å². The Morgan fingerprint density at radius 2 is 2.07 bits per heavy atom. The topological polar surface area (TPSA) is 52.8 Å². The maximum Gasteiger partial charge on any atom is 0.267 e. The number of carbonyl (C=O) groups is 1. The first-order chi connectivity index (χ1) is 13.4. The van der Waals surface area contributed by atoms with Crippen LogP contribution < -0.4 is 0 Å². The van der Waals surface area contributed by atoms with Crippen LogP contribution >= 0.6 is 24.8 Å². The number of carbonyl (C=O) groups excluding carboxylic acids is 1. The van der Waals surface area contributed by atoms with Crippen molar-refractivity contribution in [3.63, 3.8) is 0 Å². The van der Waals surface area contributed by atoms with Gasteiger partial charge < -0.3 is 4.90 Å². The van der Waals surface area contributed by atoms with E-state index in [2.05, 4.69) is 4.99 Å². The van der Waals surface area contributed by atoms with E-state index < -0.39 is 22.8 Å². The molecule has 3 heterocycles. The number of Topliss-reactive ketones (excluding diaryl/α,β-unsaturated/α-hetero) is 1. The Kier molecular flexibility index (Phi) is 6.04. The van der Waals surface area contributed by atoms with Crippen LogP contribution in [-0.2, 0) is 4.79 Å². The number of halogens is 3. The van der Waals surface area contributed by atoms with Gasteiger partial charge in [-0.2, -0.15) is 0 Å². The molecule has 0 radical (unpaired) electrons. The zero-order valence-electron chi connectivity index (χ0n) is 16.8. The van der Waals surface area contributed by atoms with Crippen LogP contribution in [0, 0.1) is 10.8 Å². The lowest BCUT2D eigenvalue weighted by Gasteiger charge is -2.31. The smallest absolute Gasteiger partial charge is 0.267 e. The van der Waals surface area contributed by atoms with E-state index in [1.54, 1.807) is 18.4 Å². The second-order valence-corrected chi connectivity index (χ2v) is 8.38. The molecule has 1 saturated heterocycles. The van der Waals surface area contributed by atoms with E-state index in [1.807, 2.05) is 37.2 Å². The minimum Gasteiger partial charge on any atom is -0.309 e. The lowest BCUT2D eigenvalue weighted by Crippen LogP contribution is -2.52. The van der Waals surface area contributed by atoms with E-state index in [1.165, 1.54) is 6.34 Å². The molecule has 2 aliphatic carbocycles. The standard InChI is InChI=1S/C21H23FN4O2.2ClH/c1-24(2)9-8-17-19(27)10-15-16(25(17)28)6-7-18-20(15)14-5-3-4-13-11-23-12-26(18,22)21(13)14;;/h3-7,11-12,17-18,20-21H,8-10H2,1-2H3;2*1H/q+2;;. The van der Waals surface area contributed by atoms with E-state index in [0.717, 1.165) is 21.5 Å². The average Bonchev–Trinajstić information content (AvgIpc) is 2.92. The minimum absolute atomic E-state index is 0. The predicted octanol–water partition coefficient (Wildman–Crippen LogP) is 3.22. The molecule has 0 amide bonds. The summed E-state index contributed by atoms with van der Waals surface area (Å²) in [5.74, 6) is -0.362. The number of aliphatic imine (C=N–C) groups is 1. The molecular formula is C21H25Cl2FN4O2+2. The van der Waals surface area contributed by atoms with Crippen molar-refractivity contribution in [1.29, 1.82) is 0 Å². The second-order valence-electron chi connectivity index (χ2n) is 8.38. The Hall–Kier alpha value is -1.93.